The maximum Gasteiger partial charge on any atom is 0.227 e. The van der Waals surface area contributed by atoms with Gasteiger partial charge in [0.25, 0.3) is 0 Å². The summed E-state index contributed by atoms with van der Waals surface area (Å²) in [5, 5.41) is 8.75. The van der Waals surface area contributed by atoms with Crippen LogP contribution in [0.15, 0.2) is 24.3 Å². The molecule has 0 saturated carbocycles. The van der Waals surface area contributed by atoms with Crippen LogP contribution < -0.4 is 5.32 Å². The van der Waals surface area contributed by atoms with Crippen molar-refractivity contribution in [2.24, 2.45) is 5.92 Å². The van der Waals surface area contributed by atoms with E-state index in [4.69, 9.17) is 11.6 Å². The van der Waals surface area contributed by atoms with Crippen LogP contribution in [0.2, 0.25) is 5.02 Å². The van der Waals surface area contributed by atoms with Crippen LogP contribution in [0.1, 0.15) is 42.4 Å². The van der Waals surface area contributed by atoms with Crippen molar-refractivity contribution in [2.75, 3.05) is 19.6 Å². The van der Waals surface area contributed by atoms with Gasteiger partial charge in [-0.3, -0.25) is 9.48 Å². The van der Waals surface area contributed by atoms with Crippen LogP contribution in [-0.4, -0.2) is 40.2 Å². The van der Waals surface area contributed by atoms with Gasteiger partial charge in [0, 0.05) is 42.5 Å². The van der Waals surface area contributed by atoms with Gasteiger partial charge in [-0.15, -0.1) is 0 Å². The van der Waals surface area contributed by atoms with E-state index in [2.05, 4.69) is 31.2 Å². The Morgan fingerprint density at radius 3 is 2.78 bits per heavy atom. The summed E-state index contributed by atoms with van der Waals surface area (Å²) in [5.41, 5.74) is 4.10. The molecule has 27 heavy (non-hydrogen) atoms. The van der Waals surface area contributed by atoms with Gasteiger partial charge in [-0.2, -0.15) is 5.10 Å². The summed E-state index contributed by atoms with van der Waals surface area (Å²) in [6.07, 6.45) is 0.386. The van der Waals surface area contributed by atoms with Crippen LogP contribution in [0.3, 0.4) is 0 Å². The first-order chi connectivity index (χ1) is 12.9. The highest BCUT2D eigenvalue weighted by Crippen LogP contribution is 2.29. The first-order valence-corrected chi connectivity index (χ1v) is 10.0. The van der Waals surface area contributed by atoms with Gasteiger partial charge < -0.3 is 10.2 Å². The highest BCUT2D eigenvalue weighted by molar-refractivity contribution is 6.31. The standard InChI is InChI=1S/C21H29ClN4O/c1-14(2)13-26-16(4)18(15(3)24-26)11-21(27)25-10-9-23-12-20(25)17-7-5-6-8-19(17)22/h5-8,14,20,23H,9-13H2,1-4H3. The lowest BCUT2D eigenvalue weighted by Crippen LogP contribution is -2.49. The minimum atomic E-state index is -0.0359. The maximum atomic E-state index is 13.2. The lowest BCUT2D eigenvalue weighted by molar-refractivity contribution is -0.133. The highest BCUT2D eigenvalue weighted by atomic mass is 35.5. The molecule has 0 spiro atoms. The van der Waals surface area contributed by atoms with Crippen LogP contribution in [0.25, 0.3) is 0 Å². The number of piperazine rings is 1. The lowest BCUT2D eigenvalue weighted by atomic mass is 10.0. The number of halogens is 1. The second-order valence-corrected chi connectivity index (χ2v) is 8.14. The highest BCUT2D eigenvalue weighted by Gasteiger charge is 2.30. The van der Waals surface area contributed by atoms with E-state index in [1.165, 1.54) is 0 Å². The van der Waals surface area contributed by atoms with Crippen LogP contribution >= 0.6 is 11.6 Å². The fraction of sp³-hybridized carbons (Fsp3) is 0.524. The van der Waals surface area contributed by atoms with E-state index in [1.54, 1.807) is 0 Å². The minimum Gasteiger partial charge on any atom is -0.333 e. The predicted molar refractivity (Wildman–Crippen MR) is 109 cm³/mol. The van der Waals surface area contributed by atoms with Crippen LogP contribution in [0, 0.1) is 19.8 Å². The molecule has 1 aliphatic rings. The van der Waals surface area contributed by atoms with Gasteiger partial charge in [-0.05, 0) is 31.4 Å². The maximum absolute atomic E-state index is 13.2. The van der Waals surface area contributed by atoms with E-state index >= 15 is 0 Å². The van der Waals surface area contributed by atoms with Gasteiger partial charge in [0.05, 0.1) is 18.2 Å². The number of carbonyl (C=O) groups excluding carboxylic acids is 1. The second kappa shape index (κ2) is 8.44. The fourth-order valence-corrected chi connectivity index (χ4v) is 4.05. The molecule has 1 unspecified atom stereocenters. The number of hydrogen-bond donors (Lipinski definition) is 1. The smallest absolute Gasteiger partial charge is 0.227 e. The molecule has 1 aromatic carbocycles. The van der Waals surface area contributed by atoms with Crippen LogP contribution in [-0.2, 0) is 17.8 Å². The van der Waals surface area contributed by atoms with Crippen molar-refractivity contribution in [3.05, 3.63) is 51.8 Å². The van der Waals surface area contributed by atoms with Crippen LogP contribution in [0.4, 0.5) is 0 Å². The first-order valence-electron chi connectivity index (χ1n) is 9.66. The van der Waals surface area contributed by atoms with Crippen molar-refractivity contribution in [2.45, 2.75) is 46.7 Å². The molecule has 2 heterocycles. The Bertz CT molecular complexity index is 815. The molecular weight excluding hydrogens is 360 g/mol. The zero-order valence-corrected chi connectivity index (χ0v) is 17.4. The number of hydrogen-bond acceptors (Lipinski definition) is 3. The van der Waals surface area contributed by atoms with Gasteiger partial charge in [0.1, 0.15) is 0 Å². The molecule has 0 aliphatic carbocycles. The molecule has 1 amide bonds. The first kappa shape index (κ1) is 19.9. The third-order valence-electron chi connectivity index (χ3n) is 5.23. The SMILES string of the molecule is Cc1nn(CC(C)C)c(C)c1CC(=O)N1CCNCC1c1ccccc1Cl. The number of aryl methyl sites for hydroxylation is 1. The number of carbonyl (C=O) groups is 1. The van der Waals surface area contributed by atoms with E-state index in [9.17, 15) is 4.79 Å². The molecule has 3 rings (SSSR count). The number of nitrogens with zero attached hydrogens (tertiary/aromatic N) is 3. The summed E-state index contributed by atoms with van der Waals surface area (Å²) in [4.78, 5) is 15.2. The molecule has 146 valence electrons. The summed E-state index contributed by atoms with van der Waals surface area (Å²) in [6.45, 7) is 11.5. The van der Waals surface area contributed by atoms with Crippen molar-refractivity contribution >= 4 is 17.5 Å². The Hall–Kier alpha value is -1.85. The lowest BCUT2D eigenvalue weighted by Gasteiger charge is -2.37. The zero-order chi connectivity index (χ0) is 19.6. The van der Waals surface area contributed by atoms with Crippen LogP contribution in [0.5, 0.6) is 0 Å². The number of amides is 1. The molecule has 1 aliphatic heterocycles. The van der Waals surface area contributed by atoms with Gasteiger partial charge in [-0.25, -0.2) is 0 Å². The number of rotatable bonds is 5. The monoisotopic (exact) mass is 388 g/mol. The number of aromatic nitrogens is 2. The van der Waals surface area contributed by atoms with Crippen molar-refractivity contribution in [3.8, 4) is 0 Å². The Labute approximate surface area is 166 Å². The van der Waals surface area contributed by atoms with Crippen molar-refractivity contribution in [1.29, 1.82) is 0 Å². The molecule has 1 saturated heterocycles. The fourth-order valence-electron chi connectivity index (χ4n) is 3.79. The van der Waals surface area contributed by atoms with Gasteiger partial charge >= 0.3 is 0 Å². The van der Waals surface area contributed by atoms with Gasteiger partial charge in [0.15, 0.2) is 0 Å². The molecule has 2 aromatic rings. The summed E-state index contributed by atoms with van der Waals surface area (Å²) in [7, 11) is 0. The largest absolute Gasteiger partial charge is 0.333 e. The van der Waals surface area contributed by atoms with E-state index < -0.39 is 0 Å². The molecule has 0 bridgehead atoms. The van der Waals surface area contributed by atoms with Crippen molar-refractivity contribution < 1.29 is 4.79 Å². The topological polar surface area (TPSA) is 50.2 Å². The third kappa shape index (κ3) is 4.36. The number of nitrogens with one attached hydrogen (secondary N) is 1. The van der Waals surface area contributed by atoms with Gasteiger partial charge in [-0.1, -0.05) is 43.6 Å². The molecule has 1 atom stereocenters. The molecular formula is C21H29ClN4O. The predicted octanol–water partition coefficient (Wildman–Crippen LogP) is 3.52. The van der Waals surface area contributed by atoms with E-state index in [1.807, 2.05) is 40.8 Å². The van der Waals surface area contributed by atoms with Crippen molar-refractivity contribution in [3.63, 3.8) is 0 Å². The minimum absolute atomic E-state index is 0.0359. The Morgan fingerprint density at radius 2 is 2.07 bits per heavy atom. The summed E-state index contributed by atoms with van der Waals surface area (Å²) in [6, 6.07) is 7.76. The summed E-state index contributed by atoms with van der Waals surface area (Å²) < 4.78 is 2.03. The molecule has 1 aromatic heterocycles. The average Bonchev–Trinajstić information content (AvgIpc) is 2.89. The summed E-state index contributed by atoms with van der Waals surface area (Å²) in [5.74, 6) is 0.654. The second-order valence-electron chi connectivity index (χ2n) is 7.73. The van der Waals surface area contributed by atoms with E-state index in [-0.39, 0.29) is 11.9 Å². The van der Waals surface area contributed by atoms with Gasteiger partial charge in [0.2, 0.25) is 5.91 Å². The van der Waals surface area contributed by atoms with E-state index in [0.717, 1.165) is 42.1 Å². The van der Waals surface area contributed by atoms with Crippen molar-refractivity contribution in [1.82, 2.24) is 20.0 Å². The molecule has 1 fully saturated rings. The zero-order valence-electron chi connectivity index (χ0n) is 16.6. The normalized spacial score (nSPS) is 17.6. The third-order valence-corrected chi connectivity index (χ3v) is 5.57. The Balaban J connectivity index is 1.82. The Morgan fingerprint density at radius 1 is 1.33 bits per heavy atom. The molecule has 6 heteroatoms. The molecule has 1 N–H and O–H groups in total. The summed E-state index contributed by atoms with van der Waals surface area (Å²) >= 11 is 6.41. The molecule has 0 radical (unpaired) electrons. The quantitative estimate of drug-likeness (QED) is 0.852. The average molecular weight is 389 g/mol. The Kier molecular flexibility index (Phi) is 6.22. The molecule has 5 nitrogen and oxygen atoms in total. The van der Waals surface area contributed by atoms with E-state index in [0.29, 0.717) is 23.9 Å². The number of benzene rings is 1.